The zero-order chi connectivity index (χ0) is 16.1. The number of hydrogen-bond donors (Lipinski definition) is 0. The van der Waals surface area contributed by atoms with Gasteiger partial charge in [0.25, 0.3) is 5.89 Å². The Hall–Kier alpha value is -2.73. The quantitative estimate of drug-likeness (QED) is 0.521. The molecule has 1 atom stereocenters. The van der Waals surface area contributed by atoms with Crippen LogP contribution in [0.25, 0.3) is 17.5 Å². The van der Waals surface area contributed by atoms with Crippen LogP contribution in [0.3, 0.4) is 0 Å². The molecule has 3 rings (SSSR count). The Kier molecular flexibility index (Phi) is 4.63. The highest BCUT2D eigenvalue weighted by atomic mass is 32.1. The van der Waals surface area contributed by atoms with E-state index in [1.807, 2.05) is 47.2 Å². The van der Waals surface area contributed by atoms with Gasteiger partial charge in [-0.2, -0.15) is 11.3 Å². The lowest BCUT2D eigenvalue weighted by Gasteiger charge is -2.06. The topological polar surface area (TPSA) is 65.2 Å². The monoisotopic (exact) mass is 326 g/mol. The van der Waals surface area contributed by atoms with Crippen molar-refractivity contribution in [3.63, 3.8) is 0 Å². The number of hydrogen-bond acceptors (Lipinski definition) is 6. The second-order valence-corrected chi connectivity index (χ2v) is 5.56. The van der Waals surface area contributed by atoms with Gasteiger partial charge >= 0.3 is 5.97 Å². The minimum Gasteiger partial charge on any atom is -0.449 e. The average molecular weight is 326 g/mol. The van der Waals surface area contributed by atoms with Crippen LogP contribution in [0.15, 0.2) is 57.7 Å². The standard InChI is InChI=1S/C17H14N2O3S/c1-12(21-15(20)8-7-13-9-10-23-11-13)16-18-19-17(22-16)14-5-3-2-4-6-14/h2-12H,1H3/b8-7+/t12-/m1/s1. The van der Waals surface area contributed by atoms with Crippen molar-refractivity contribution in [1.29, 1.82) is 0 Å². The fourth-order valence-electron chi connectivity index (χ4n) is 1.89. The van der Waals surface area contributed by atoms with Crippen LogP contribution in [0.2, 0.25) is 0 Å². The summed E-state index contributed by atoms with van der Waals surface area (Å²) in [5.74, 6) is 0.210. The van der Waals surface area contributed by atoms with Crippen molar-refractivity contribution in [3.8, 4) is 11.5 Å². The highest BCUT2D eigenvalue weighted by Crippen LogP contribution is 2.22. The van der Waals surface area contributed by atoms with Crippen LogP contribution in [0, 0.1) is 0 Å². The summed E-state index contributed by atoms with van der Waals surface area (Å²) in [6.45, 7) is 1.69. The first-order valence-electron chi connectivity index (χ1n) is 7.02. The molecule has 0 aliphatic heterocycles. The number of carbonyl (C=O) groups excluding carboxylic acids is 1. The fraction of sp³-hybridized carbons (Fsp3) is 0.118. The molecule has 0 radical (unpaired) electrons. The molecule has 0 saturated carbocycles. The van der Waals surface area contributed by atoms with Gasteiger partial charge in [-0.15, -0.1) is 10.2 Å². The van der Waals surface area contributed by atoms with Gasteiger partial charge < -0.3 is 9.15 Å². The molecule has 0 bridgehead atoms. The van der Waals surface area contributed by atoms with Crippen LogP contribution in [0.5, 0.6) is 0 Å². The number of ether oxygens (including phenoxy) is 1. The third-order valence-corrected chi connectivity index (χ3v) is 3.76. The van der Waals surface area contributed by atoms with Gasteiger partial charge in [0.05, 0.1) is 0 Å². The van der Waals surface area contributed by atoms with E-state index < -0.39 is 12.1 Å². The zero-order valence-electron chi connectivity index (χ0n) is 12.4. The Bertz CT molecular complexity index is 794. The van der Waals surface area contributed by atoms with Gasteiger partial charge in [0.2, 0.25) is 5.89 Å². The van der Waals surface area contributed by atoms with Crippen LogP contribution in [0.1, 0.15) is 24.5 Å². The summed E-state index contributed by atoms with van der Waals surface area (Å²) in [6, 6.07) is 11.3. The predicted octanol–water partition coefficient (Wildman–Crippen LogP) is 4.12. The van der Waals surface area contributed by atoms with Crippen LogP contribution < -0.4 is 0 Å². The molecule has 0 amide bonds. The van der Waals surface area contributed by atoms with Gasteiger partial charge in [-0.25, -0.2) is 4.79 Å². The first-order valence-corrected chi connectivity index (χ1v) is 7.96. The molecule has 3 aromatic rings. The highest BCUT2D eigenvalue weighted by Gasteiger charge is 2.17. The molecule has 0 spiro atoms. The summed E-state index contributed by atoms with van der Waals surface area (Å²) >= 11 is 1.57. The molecule has 0 aliphatic carbocycles. The number of rotatable bonds is 5. The molecule has 1 aromatic carbocycles. The van der Waals surface area contributed by atoms with Crippen LogP contribution in [-0.4, -0.2) is 16.2 Å². The number of carbonyl (C=O) groups is 1. The van der Waals surface area contributed by atoms with Gasteiger partial charge in [0.15, 0.2) is 6.10 Å². The molecule has 2 heterocycles. The Morgan fingerprint density at radius 1 is 1.26 bits per heavy atom. The van der Waals surface area contributed by atoms with E-state index in [9.17, 15) is 4.79 Å². The van der Waals surface area contributed by atoms with Crippen molar-refractivity contribution in [2.75, 3.05) is 0 Å². The number of nitrogens with zero attached hydrogens (tertiary/aromatic N) is 2. The van der Waals surface area contributed by atoms with E-state index in [1.54, 1.807) is 24.3 Å². The molecule has 0 N–H and O–H groups in total. The van der Waals surface area contributed by atoms with Gasteiger partial charge in [-0.1, -0.05) is 18.2 Å². The van der Waals surface area contributed by atoms with E-state index in [0.717, 1.165) is 11.1 Å². The smallest absolute Gasteiger partial charge is 0.331 e. The molecule has 5 nitrogen and oxygen atoms in total. The van der Waals surface area contributed by atoms with Gasteiger partial charge in [0, 0.05) is 11.6 Å². The van der Waals surface area contributed by atoms with Crippen molar-refractivity contribution in [2.45, 2.75) is 13.0 Å². The van der Waals surface area contributed by atoms with Crippen molar-refractivity contribution in [1.82, 2.24) is 10.2 Å². The number of benzene rings is 1. The van der Waals surface area contributed by atoms with E-state index in [2.05, 4.69) is 10.2 Å². The second-order valence-electron chi connectivity index (χ2n) is 4.78. The SMILES string of the molecule is C[C@@H](OC(=O)/C=C/c1ccsc1)c1nnc(-c2ccccc2)o1. The Morgan fingerprint density at radius 2 is 2.09 bits per heavy atom. The summed E-state index contributed by atoms with van der Waals surface area (Å²) < 4.78 is 10.8. The van der Waals surface area contributed by atoms with E-state index >= 15 is 0 Å². The van der Waals surface area contributed by atoms with E-state index in [1.165, 1.54) is 6.08 Å². The van der Waals surface area contributed by atoms with Gasteiger partial charge in [-0.05, 0) is 47.5 Å². The molecule has 0 saturated heterocycles. The Balaban J connectivity index is 1.63. The largest absolute Gasteiger partial charge is 0.449 e. The van der Waals surface area contributed by atoms with Crippen molar-refractivity contribution < 1.29 is 13.9 Å². The molecule has 23 heavy (non-hydrogen) atoms. The third-order valence-electron chi connectivity index (χ3n) is 3.06. The molecule has 0 unspecified atom stereocenters. The molecule has 0 fully saturated rings. The Labute approximate surface area is 137 Å². The van der Waals surface area contributed by atoms with Crippen molar-refractivity contribution >= 4 is 23.4 Å². The van der Waals surface area contributed by atoms with Crippen LogP contribution in [0.4, 0.5) is 0 Å². The maximum Gasteiger partial charge on any atom is 0.331 e. The molecular weight excluding hydrogens is 312 g/mol. The molecule has 2 aromatic heterocycles. The summed E-state index contributed by atoms with van der Waals surface area (Å²) in [5.41, 5.74) is 1.78. The van der Waals surface area contributed by atoms with Crippen molar-refractivity contribution in [3.05, 3.63) is 64.7 Å². The third kappa shape index (κ3) is 3.92. The highest BCUT2D eigenvalue weighted by molar-refractivity contribution is 7.08. The predicted molar refractivity (Wildman–Crippen MR) is 87.6 cm³/mol. The van der Waals surface area contributed by atoms with Crippen LogP contribution >= 0.6 is 11.3 Å². The first-order chi connectivity index (χ1) is 11.2. The minimum absolute atomic E-state index is 0.265. The maximum atomic E-state index is 11.8. The Morgan fingerprint density at radius 3 is 2.83 bits per heavy atom. The zero-order valence-corrected chi connectivity index (χ0v) is 13.2. The molecule has 116 valence electrons. The lowest BCUT2D eigenvalue weighted by Crippen LogP contribution is -2.06. The minimum atomic E-state index is -0.611. The molecule has 6 heteroatoms. The summed E-state index contributed by atoms with van der Waals surface area (Å²) in [4.78, 5) is 11.8. The van der Waals surface area contributed by atoms with E-state index in [4.69, 9.17) is 9.15 Å². The average Bonchev–Trinajstić information content (AvgIpc) is 3.25. The first kappa shape index (κ1) is 15.2. The fourth-order valence-corrected chi connectivity index (χ4v) is 2.52. The molecular formula is C17H14N2O3S. The van der Waals surface area contributed by atoms with Crippen molar-refractivity contribution in [2.24, 2.45) is 0 Å². The van der Waals surface area contributed by atoms with E-state index in [0.29, 0.717) is 5.89 Å². The lowest BCUT2D eigenvalue weighted by atomic mass is 10.2. The summed E-state index contributed by atoms with van der Waals surface area (Å²) in [6.07, 6.45) is 2.47. The second kappa shape index (κ2) is 7.02. The summed E-state index contributed by atoms with van der Waals surface area (Å²) in [5, 5.41) is 11.8. The lowest BCUT2D eigenvalue weighted by molar-refractivity contribution is -0.143. The van der Waals surface area contributed by atoms with Gasteiger partial charge in [-0.3, -0.25) is 0 Å². The molecule has 0 aliphatic rings. The van der Waals surface area contributed by atoms with Crippen LogP contribution in [-0.2, 0) is 9.53 Å². The normalized spacial score (nSPS) is 12.4. The number of thiophene rings is 1. The maximum absolute atomic E-state index is 11.8. The van der Waals surface area contributed by atoms with E-state index in [-0.39, 0.29) is 5.89 Å². The van der Waals surface area contributed by atoms with Gasteiger partial charge in [0.1, 0.15) is 0 Å². The number of aromatic nitrogens is 2. The summed E-state index contributed by atoms with van der Waals surface area (Å²) in [7, 11) is 0. The number of esters is 1.